The molecule has 0 N–H and O–H groups in total. The number of morpholine rings is 1. The molecule has 2 aromatic carbocycles. The molecule has 2 heterocycles. The lowest BCUT2D eigenvalue weighted by Gasteiger charge is -2.30. The lowest BCUT2D eigenvalue weighted by Crippen LogP contribution is -2.43. The Morgan fingerprint density at radius 3 is 2.76 bits per heavy atom. The number of aryl methyl sites for hydroxylation is 2. The van der Waals surface area contributed by atoms with Crippen LogP contribution in [0.4, 0.5) is 0 Å². The van der Waals surface area contributed by atoms with Gasteiger partial charge in [-0.2, -0.15) is 0 Å². The summed E-state index contributed by atoms with van der Waals surface area (Å²) in [4.78, 5) is 22.4. The molecular weight excluding hydrogens is 434 g/mol. The first kappa shape index (κ1) is 23.4. The second kappa shape index (κ2) is 11.4. The molecule has 6 nitrogen and oxygen atoms in total. The number of ether oxygens (including phenoxy) is 2. The summed E-state index contributed by atoms with van der Waals surface area (Å²) in [7, 11) is 0. The molecule has 0 aliphatic carbocycles. The van der Waals surface area contributed by atoms with Crippen LogP contribution in [0, 0.1) is 13.8 Å². The van der Waals surface area contributed by atoms with Crippen LogP contribution in [0.5, 0.6) is 5.75 Å². The van der Waals surface area contributed by atoms with Crippen LogP contribution < -0.4 is 4.74 Å². The zero-order valence-electron chi connectivity index (χ0n) is 19.3. The first-order chi connectivity index (χ1) is 16.1. The molecule has 1 aromatic heterocycles. The fourth-order valence-electron chi connectivity index (χ4n) is 3.84. The number of hydrogen-bond acceptors (Lipinski definition) is 6. The predicted octanol–water partition coefficient (Wildman–Crippen LogP) is 4.31. The van der Waals surface area contributed by atoms with Gasteiger partial charge in [0.2, 0.25) is 0 Å². The Kier molecular flexibility index (Phi) is 8.10. The molecule has 0 atom stereocenters. The van der Waals surface area contributed by atoms with Crippen LogP contribution in [0.2, 0.25) is 0 Å². The summed E-state index contributed by atoms with van der Waals surface area (Å²) in [6, 6.07) is 15.8. The monoisotopic (exact) mass is 465 g/mol. The van der Waals surface area contributed by atoms with Crippen LogP contribution in [-0.4, -0.2) is 60.1 Å². The molecule has 1 amide bonds. The molecule has 1 fully saturated rings. The predicted molar refractivity (Wildman–Crippen MR) is 131 cm³/mol. The average molecular weight is 466 g/mol. The highest BCUT2D eigenvalue weighted by Crippen LogP contribution is 2.20. The van der Waals surface area contributed by atoms with Gasteiger partial charge in [0.1, 0.15) is 17.4 Å². The van der Waals surface area contributed by atoms with Crippen LogP contribution in [0.3, 0.4) is 0 Å². The first-order valence-electron chi connectivity index (χ1n) is 11.4. The zero-order valence-corrected chi connectivity index (χ0v) is 20.1. The van der Waals surface area contributed by atoms with Crippen LogP contribution in [0.1, 0.15) is 32.2 Å². The van der Waals surface area contributed by atoms with E-state index in [4.69, 9.17) is 14.5 Å². The van der Waals surface area contributed by atoms with Crippen LogP contribution in [0.25, 0.3) is 0 Å². The topological polar surface area (TPSA) is 54.9 Å². The van der Waals surface area contributed by atoms with E-state index in [0.29, 0.717) is 19.7 Å². The van der Waals surface area contributed by atoms with Crippen molar-refractivity contribution in [2.75, 3.05) is 39.4 Å². The average Bonchev–Trinajstić information content (AvgIpc) is 3.29. The van der Waals surface area contributed by atoms with Gasteiger partial charge in [-0.3, -0.25) is 9.69 Å². The molecule has 4 rings (SSSR count). The van der Waals surface area contributed by atoms with Crippen LogP contribution in [0.15, 0.2) is 53.9 Å². The van der Waals surface area contributed by atoms with Gasteiger partial charge in [0.25, 0.3) is 5.91 Å². The van der Waals surface area contributed by atoms with Crippen LogP contribution >= 0.6 is 11.3 Å². The molecule has 1 aliphatic heterocycles. The van der Waals surface area contributed by atoms with Crippen molar-refractivity contribution in [3.8, 4) is 5.75 Å². The largest absolute Gasteiger partial charge is 0.486 e. The minimum Gasteiger partial charge on any atom is -0.486 e. The van der Waals surface area contributed by atoms with Gasteiger partial charge in [0, 0.05) is 37.1 Å². The molecule has 0 spiro atoms. The first-order valence-corrected chi connectivity index (χ1v) is 12.2. The molecular formula is C26H31N3O3S. The Hall–Kier alpha value is -2.74. The SMILES string of the molecule is Cc1cccc(C(=O)N(CCN2CCOCC2)Cc2csc(COc3ccccc3C)n2)c1. The van der Waals surface area contributed by atoms with Gasteiger partial charge in [-0.1, -0.05) is 35.9 Å². The molecule has 0 radical (unpaired) electrons. The summed E-state index contributed by atoms with van der Waals surface area (Å²) in [5.41, 5.74) is 3.80. The number of amides is 1. The van der Waals surface area contributed by atoms with E-state index in [0.717, 1.165) is 66.0 Å². The second-order valence-corrected chi connectivity index (χ2v) is 9.28. The third kappa shape index (κ3) is 6.63. The number of thiazole rings is 1. The van der Waals surface area contributed by atoms with Crippen molar-refractivity contribution < 1.29 is 14.3 Å². The minimum absolute atomic E-state index is 0.0395. The molecule has 0 saturated carbocycles. The fourth-order valence-corrected chi connectivity index (χ4v) is 4.54. The summed E-state index contributed by atoms with van der Waals surface area (Å²) in [5.74, 6) is 0.911. The summed E-state index contributed by atoms with van der Waals surface area (Å²) < 4.78 is 11.4. The van der Waals surface area contributed by atoms with Crippen molar-refractivity contribution in [2.45, 2.75) is 27.0 Å². The number of rotatable bonds is 9. The standard InChI is InChI=1S/C26H31N3O3S/c1-20-6-5-8-22(16-20)26(30)29(11-10-28-12-14-31-15-13-28)17-23-19-33-25(27-23)18-32-24-9-4-3-7-21(24)2/h3-9,16,19H,10-15,17-18H2,1-2H3. The summed E-state index contributed by atoms with van der Waals surface area (Å²) in [6.07, 6.45) is 0. The maximum atomic E-state index is 13.4. The molecule has 0 bridgehead atoms. The van der Waals surface area contributed by atoms with E-state index in [1.807, 2.05) is 72.7 Å². The van der Waals surface area contributed by atoms with E-state index in [-0.39, 0.29) is 5.91 Å². The number of benzene rings is 2. The Labute approximate surface area is 199 Å². The van der Waals surface area contributed by atoms with E-state index >= 15 is 0 Å². The van der Waals surface area contributed by atoms with Crippen molar-refractivity contribution in [1.82, 2.24) is 14.8 Å². The number of para-hydroxylation sites is 1. The number of carbonyl (C=O) groups is 1. The number of hydrogen-bond donors (Lipinski definition) is 0. The summed E-state index contributed by atoms with van der Waals surface area (Å²) in [5, 5.41) is 2.94. The molecule has 1 aliphatic rings. The third-order valence-corrected chi connectivity index (χ3v) is 6.61. The Bertz CT molecular complexity index is 1060. The Morgan fingerprint density at radius 2 is 1.97 bits per heavy atom. The number of carbonyl (C=O) groups excluding carboxylic acids is 1. The fraction of sp³-hybridized carbons (Fsp3) is 0.385. The third-order valence-electron chi connectivity index (χ3n) is 5.74. The Balaban J connectivity index is 1.42. The Morgan fingerprint density at radius 1 is 1.15 bits per heavy atom. The minimum atomic E-state index is 0.0395. The molecule has 33 heavy (non-hydrogen) atoms. The van der Waals surface area contributed by atoms with E-state index in [2.05, 4.69) is 4.90 Å². The molecule has 0 unspecified atom stereocenters. The van der Waals surface area contributed by atoms with Gasteiger partial charge in [-0.15, -0.1) is 11.3 Å². The van der Waals surface area contributed by atoms with Gasteiger partial charge >= 0.3 is 0 Å². The highest BCUT2D eigenvalue weighted by molar-refractivity contribution is 7.09. The quantitative estimate of drug-likeness (QED) is 0.471. The van der Waals surface area contributed by atoms with Crippen molar-refractivity contribution >= 4 is 17.2 Å². The van der Waals surface area contributed by atoms with Crippen molar-refractivity contribution in [1.29, 1.82) is 0 Å². The van der Waals surface area contributed by atoms with E-state index in [9.17, 15) is 4.79 Å². The van der Waals surface area contributed by atoms with Gasteiger partial charge < -0.3 is 14.4 Å². The molecule has 174 valence electrons. The van der Waals surface area contributed by atoms with Gasteiger partial charge in [0.15, 0.2) is 0 Å². The van der Waals surface area contributed by atoms with Crippen LogP contribution in [-0.2, 0) is 17.9 Å². The summed E-state index contributed by atoms with van der Waals surface area (Å²) >= 11 is 1.57. The highest BCUT2D eigenvalue weighted by atomic mass is 32.1. The number of aromatic nitrogens is 1. The van der Waals surface area contributed by atoms with E-state index < -0.39 is 0 Å². The lowest BCUT2D eigenvalue weighted by molar-refractivity contribution is 0.0319. The maximum Gasteiger partial charge on any atom is 0.254 e. The lowest BCUT2D eigenvalue weighted by atomic mass is 10.1. The van der Waals surface area contributed by atoms with Gasteiger partial charge in [-0.05, 0) is 37.6 Å². The normalized spacial score (nSPS) is 14.2. The van der Waals surface area contributed by atoms with Crippen molar-refractivity contribution in [3.63, 3.8) is 0 Å². The van der Waals surface area contributed by atoms with Crippen molar-refractivity contribution in [3.05, 3.63) is 81.3 Å². The molecule has 1 saturated heterocycles. The van der Waals surface area contributed by atoms with Gasteiger partial charge in [0.05, 0.1) is 25.5 Å². The zero-order chi connectivity index (χ0) is 23.0. The second-order valence-electron chi connectivity index (χ2n) is 8.34. The van der Waals surface area contributed by atoms with E-state index in [1.165, 1.54) is 0 Å². The maximum absolute atomic E-state index is 13.4. The van der Waals surface area contributed by atoms with Gasteiger partial charge in [-0.25, -0.2) is 4.98 Å². The number of nitrogens with zero attached hydrogens (tertiary/aromatic N) is 3. The summed E-state index contributed by atoms with van der Waals surface area (Å²) in [6.45, 7) is 9.75. The molecule has 7 heteroatoms. The smallest absolute Gasteiger partial charge is 0.254 e. The van der Waals surface area contributed by atoms with E-state index in [1.54, 1.807) is 11.3 Å². The highest BCUT2D eigenvalue weighted by Gasteiger charge is 2.20. The molecule has 3 aromatic rings. The van der Waals surface area contributed by atoms with Crippen molar-refractivity contribution in [2.24, 2.45) is 0 Å².